The fourth-order valence-electron chi connectivity index (χ4n) is 5.22. The summed E-state index contributed by atoms with van der Waals surface area (Å²) in [5.74, 6) is -0.670. The molecule has 0 aliphatic carbocycles. The Morgan fingerprint density at radius 3 is 1.30 bits per heavy atom. The van der Waals surface area contributed by atoms with E-state index in [-0.39, 0.29) is 103 Å². The number of nitrogens with zero attached hydrogens (tertiary/aromatic N) is 6. The van der Waals surface area contributed by atoms with Gasteiger partial charge in [0.05, 0.1) is 130 Å². The molecule has 0 radical (unpaired) electrons. The minimum absolute atomic E-state index is 0. The molecule has 0 aromatic carbocycles. The first kappa shape index (κ1) is 78.2. The third kappa shape index (κ3) is 45.9. The minimum Gasteiger partial charge on any atom is -0.520 e. The molecule has 6 unspecified atom stereocenters. The average Bonchev–Trinajstić information content (AvgIpc) is 3.37. The molecule has 28 nitrogen and oxygen atoms in total. The third-order valence-electron chi connectivity index (χ3n) is 9.79. The maximum absolute atomic E-state index is 11.5. The summed E-state index contributed by atoms with van der Waals surface area (Å²) in [6.45, 7) is 7.40. The molecule has 0 fully saturated rings. The van der Waals surface area contributed by atoms with Crippen LogP contribution < -0.4 is 5.32 Å². The number of carbonyl (C=O) groups is 5. The second kappa shape index (κ2) is 54.6. The van der Waals surface area contributed by atoms with Crippen LogP contribution in [0.1, 0.15) is 19.8 Å². The van der Waals surface area contributed by atoms with Crippen LogP contribution in [-0.4, -0.2) is 350 Å². The van der Waals surface area contributed by atoms with Gasteiger partial charge >= 0.3 is 0 Å². The van der Waals surface area contributed by atoms with E-state index in [2.05, 4.69) is 5.32 Å². The van der Waals surface area contributed by atoms with Gasteiger partial charge in [-0.3, -0.25) is 24.1 Å². The fourth-order valence-corrected chi connectivity index (χ4v) is 5.22. The first-order valence-electron chi connectivity index (χ1n) is 23.8. The average molecular weight is 1320 g/mol. The number of rotatable bonds is 44. The van der Waals surface area contributed by atoms with Crippen molar-refractivity contribution in [3.63, 3.8) is 0 Å². The molecule has 0 aromatic rings. The Labute approximate surface area is 431 Å². The second-order valence-corrected chi connectivity index (χ2v) is 15.9. The van der Waals surface area contributed by atoms with E-state index in [1.54, 1.807) is 13.5 Å². The Hall–Kier alpha value is -4.66. The smallest absolute Gasteiger partial charge is 0.242 e. The molecule has 74 heavy (non-hydrogen) atoms. The van der Waals surface area contributed by atoms with Crippen LogP contribution in [0.25, 0.3) is 0 Å². The molecular formula is C45H92FmN7O21-. The van der Waals surface area contributed by atoms with E-state index in [0.29, 0.717) is 85.3 Å². The molecule has 0 aliphatic rings. The van der Waals surface area contributed by atoms with Crippen LogP contribution in [-0.2, 0) is 57.2 Å². The third-order valence-corrected chi connectivity index (χ3v) is 9.79. The van der Waals surface area contributed by atoms with Crippen molar-refractivity contribution in [2.75, 3.05) is 201 Å². The number of hydrogen-bond acceptors (Lipinski definition) is 23. The number of aldehydes is 1. The first-order valence-corrected chi connectivity index (χ1v) is 23.8. The number of hydrogen-bond donors (Lipinski definition) is 10. The molecule has 0 saturated carbocycles. The molecule has 6 atom stereocenters. The van der Waals surface area contributed by atoms with Gasteiger partial charge in [0.2, 0.25) is 24.1 Å². The molecule has 0 saturated heterocycles. The van der Waals surface area contributed by atoms with Gasteiger partial charge in [-0.15, -0.1) is 0 Å². The van der Waals surface area contributed by atoms with Gasteiger partial charge in [0.15, 0.2) is 0 Å². The van der Waals surface area contributed by atoms with E-state index >= 15 is 0 Å². The van der Waals surface area contributed by atoms with Crippen LogP contribution in [0.15, 0.2) is 0 Å². The molecule has 0 aliphatic heterocycles. The zero-order valence-corrected chi connectivity index (χ0v) is 47.1. The summed E-state index contributed by atoms with van der Waals surface area (Å²) in [7, 11) is 10.5. The molecule has 0 rings (SSSR count). The van der Waals surface area contributed by atoms with Crippen molar-refractivity contribution in [2.24, 2.45) is 0 Å². The van der Waals surface area contributed by atoms with E-state index in [9.17, 15) is 59.4 Å². The van der Waals surface area contributed by atoms with Crippen molar-refractivity contribution in [1.82, 2.24) is 34.7 Å². The summed E-state index contributed by atoms with van der Waals surface area (Å²) in [6.07, 6.45) is -6.11. The van der Waals surface area contributed by atoms with Crippen LogP contribution in [0, 0.1) is 0 Å². The van der Waals surface area contributed by atoms with Crippen LogP contribution in [0.3, 0.4) is 0 Å². The van der Waals surface area contributed by atoms with E-state index < -0.39 is 36.6 Å². The number of ether oxygens (including phenoxy) is 6. The second-order valence-electron chi connectivity index (χ2n) is 15.9. The minimum atomic E-state index is -1.54. The number of carbonyl (C=O) groups excluding carboxylic acids is 6. The quantitative estimate of drug-likeness (QED) is 0.0117. The molecule has 5 amide bonds. The number of aliphatic hydroxyl groups excluding tert-OH is 9. The first-order chi connectivity index (χ1) is 34.8. The van der Waals surface area contributed by atoms with Crippen molar-refractivity contribution >= 4 is 36.8 Å². The summed E-state index contributed by atoms with van der Waals surface area (Å²) >= 11 is 0. The summed E-state index contributed by atoms with van der Waals surface area (Å²) in [5.41, 5.74) is 0. The van der Waals surface area contributed by atoms with Gasteiger partial charge in [0.25, 0.3) is 0 Å². The zero-order chi connectivity index (χ0) is 56.4. The van der Waals surface area contributed by atoms with Crippen molar-refractivity contribution in [2.45, 2.75) is 56.4 Å². The maximum atomic E-state index is 11.5. The Balaban J connectivity index is -0.000000415. The van der Waals surface area contributed by atoms with Gasteiger partial charge in [-0.1, -0.05) is 0 Å². The van der Waals surface area contributed by atoms with Crippen LogP contribution >= 0.6 is 0 Å². The largest absolute Gasteiger partial charge is 0.520 e. The topological polar surface area (TPSA) is 371 Å². The Bertz CT molecular complexity index is 1300. The number of amides is 5. The standard InChI is InChI=1S/C27H58N2O14.C10H18N3O3.C7H12N2O3.CH4O.Fm/c1-28-4-8-38-10-12-40-14-16-42-18-19-43-17-15-41-13-11-39-9-5-29(20-24(34)26(36)22(32)2-6-30)21-25(35)27(37)23(33)3-7-31;1-5-12(3)10(16)7-13(4)9(15)6-11(2)8-14;1-8(6-11)5-7(12)9(2)3-4-10;1-2;/h22-28,30-37H,2-21H2,1H3;5-7H2,1-4H3;4,6H,3,5H2,1-2H3;2H,1H3;/q;-1;;;. The molecule has 0 aromatic heterocycles. The van der Waals surface area contributed by atoms with E-state index in [1.165, 1.54) is 52.7 Å². The van der Waals surface area contributed by atoms with Crippen molar-refractivity contribution in [3.8, 4) is 0 Å². The fraction of sp³-hybridized carbons (Fsp3) is 0.867. The van der Waals surface area contributed by atoms with Crippen molar-refractivity contribution in [3.05, 3.63) is 0 Å². The maximum Gasteiger partial charge on any atom is 0.242 e. The normalized spacial score (nSPS) is 13.1. The molecule has 446 valence electrons. The Kier molecular flexibility index (Phi) is 57.7. The van der Waals surface area contributed by atoms with Gasteiger partial charge in [0.1, 0.15) is 18.5 Å². The summed E-state index contributed by atoms with van der Waals surface area (Å²) in [5, 5.41) is 88.5. The van der Waals surface area contributed by atoms with E-state index in [4.69, 9.17) is 43.7 Å². The zero-order valence-electron chi connectivity index (χ0n) is 44.7. The van der Waals surface area contributed by atoms with Crippen molar-refractivity contribution < 1.29 is 103 Å². The van der Waals surface area contributed by atoms with Crippen LogP contribution in [0.2, 0.25) is 0 Å². The summed E-state index contributed by atoms with van der Waals surface area (Å²) in [4.78, 5) is 72.2. The molecule has 10 N–H and O–H groups in total. The number of nitrogens with one attached hydrogen (secondary N) is 1. The van der Waals surface area contributed by atoms with Gasteiger partial charge < -0.3 is 114 Å². The van der Waals surface area contributed by atoms with E-state index in [1.807, 2.05) is 14.0 Å². The van der Waals surface area contributed by atoms with Gasteiger partial charge in [-0.2, -0.15) is 6.41 Å². The summed E-state index contributed by atoms with van der Waals surface area (Å²) < 4.78 is 32.6. The summed E-state index contributed by atoms with van der Waals surface area (Å²) in [6, 6.07) is 0. The van der Waals surface area contributed by atoms with E-state index in [0.717, 1.165) is 18.6 Å². The van der Waals surface area contributed by atoms with Crippen LogP contribution in [0.4, 0.5) is 0 Å². The van der Waals surface area contributed by atoms with Gasteiger partial charge in [0, 0.05) is 81.2 Å². The number of aliphatic hydroxyl groups is 9. The molecule has 0 heterocycles. The van der Waals surface area contributed by atoms with Gasteiger partial charge in [-0.25, -0.2) is 0 Å². The molecule has 0 spiro atoms. The van der Waals surface area contributed by atoms with Gasteiger partial charge in [-0.05, 0) is 33.9 Å². The Morgan fingerprint density at radius 1 is 0.568 bits per heavy atom. The predicted molar refractivity (Wildman–Crippen MR) is 265 cm³/mol. The number of likely N-dealkylation sites (N-methyl/N-ethyl adjacent to an activating group) is 6. The SMILES string of the molecule is CCN(C)C(=O)CN(C)C(=O)CN(C)[C-]=O.CN(C=O)CC(=O)N(C)CC=O.CNCCOCCOCCOCCOCCOCCOCCN(CC(O)C(O)C(O)CCO)CC(O)C(O)C(O)CCO.CO.[Fm]. The molecule has 29 heteroatoms. The van der Waals surface area contributed by atoms with Crippen molar-refractivity contribution in [1.29, 1.82) is 0 Å². The van der Waals surface area contributed by atoms with Crippen LogP contribution in [0.5, 0.6) is 0 Å². The molecular weight excluding hydrogens is 1230 g/mol. The predicted octanol–water partition coefficient (Wildman–Crippen LogP) is -7.20. The molecule has 0 bridgehead atoms. The monoisotopic (exact) mass is 1320 g/mol. The Morgan fingerprint density at radius 2 is 0.946 bits per heavy atom.